The minimum atomic E-state index is -3.72. The third-order valence-electron chi connectivity index (χ3n) is 4.12. The van der Waals surface area contributed by atoms with E-state index in [2.05, 4.69) is 5.32 Å². The lowest BCUT2D eigenvalue weighted by molar-refractivity contribution is -0.121. The van der Waals surface area contributed by atoms with Crippen LogP contribution in [0.5, 0.6) is 5.75 Å². The summed E-state index contributed by atoms with van der Waals surface area (Å²) in [4.78, 5) is 12.6. The Bertz CT molecular complexity index is 933. The van der Waals surface area contributed by atoms with Gasteiger partial charge in [-0.2, -0.15) is 0 Å². The summed E-state index contributed by atoms with van der Waals surface area (Å²) in [5.41, 5.74) is 1.30. The number of amides is 1. The highest BCUT2D eigenvalue weighted by molar-refractivity contribution is 7.92. The highest BCUT2D eigenvalue weighted by Gasteiger charge is 2.29. The van der Waals surface area contributed by atoms with E-state index in [0.29, 0.717) is 18.0 Å². The van der Waals surface area contributed by atoms with Gasteiger partial charge in [0.2, 0.25) is 15.9 Å². The van der Waals surface area contributed by atoms with Crippen LogP contribution < -0.4 is 14.4 Å². The molecule has 0 saturated heterocycles. The van der Waals surface area contributed by atoms with Crippen molar-refractivity contribution in [3.05, 3.63) is 58.1 Å². The van der Waals surface area contributed by atoms with E-state index in [-0.39, 0.29) is 10.7 Å². The van der Waals surface area contributed by atoms with Gasteiger partial charge in [-0.3, -0.25) is 9.10 Å². The van der Waals surface area contributed by atoms with Crippen LogP contribution in [-0.4, -0.2) is 40.3 Å². The van der Waals surface area contributed by atoms with Crippen molar-refractivity contribution in [1.82, 2.24) is 5.32 Å². The molecule has 0 aliphatic heterocycles. The Hall–Kier alpha value is -1.96. The van der Waals surface area contributed by atoms with Crippen LogP contribution in [0.3, 0.4) is 0 Å². The van der Waals surface area contributed by atoms with Gasteiger partial charge in [-0.25, -0.2) is 8.42 Å². The number of carbonyl (C=O) groups is 1. The first-order valence-corrected chi connectivity index (χ1v) is 11.1. The van der Waals surface area contributed by atoms with Crippen molar-refractivity contribution in [1.29, 1.82) is 0 Å². The second-order valence-electron chi connectivity index (χ2n) is 6.22. The molecule has 0 spiro atoms. The van der Waals surface area contributed by atoms with Crippen molar-refractivity contribution in [2.75, 3.05) is 24.2 Å². The number of hydrogen-bond acceptors (Lipinski definition) is 4. The number of anilines is 1. The van der Waals surface area contributed by atoms with Crippen LogP contribution in [0.1, 0.15) is 12.5 Å². The van der Waals surface area contributed by atoms with E-state index in [1.54, 1.807) is 7.11 Å². The molecule has 0 aromatic heterocycles. The molecule has 0 radical (unpaired) electrons. The maximum atomic E-state index is 12.6. The van der Waals surface area contributed by atoms with Gasteiger partial charge in [0.05, 0.1) is 29.1 Å². The van der Waals surface area contributed by atoms with Gasteiger partial charge in [-0.1, -0.05) is 35.3 Å². The molecule has 2 aromatic carbocycles. The van der Waals surface area contributed by atoms with Crippen molar-refractivity contribution in [3.63, 3.8) is 0 Å². The van der Waals surface area contributed by atoms with Crippen molar-refractivity contribution in [2.24, 2.45) is 0 Å². The van der Waals surface area contributed by atoms with Gasteiger partial charge in [0, 0.05) is 6.54 Å². The topological polar surface area (TPSA) is 75.7 Å². The Morgan fingerprint density at radius 1 is 1.14 bits per heavy atom. The van der Waals surface area contributed by atoms with Crippen molar-refractivity contribution < 1.29 is 17.9 Å². The Balaban J connectivity index is 2.07. The predicted molar refractivity (Wildman–Crippen MR) is 113 cm³/mol. The summed E-state index contributed by atoms with van der Waals surface area (Å²) in [7, 11) is -2.12. The zero-order valence-electron chi connectivity index (χ0n) is 15.8. The highest BCUT2D eigenvalue weighted by Crippen LogP contribution is 2.29. The first-order chi connectivity index (χ1) is 13.1. The van der Waals surface area contributed by atoms with Gasteiger partial charge in [0.25, 0.3) is 0 Å². The van der Waals surface area contributed by atoms with E-state index in [4.69, 9.17) is 27.9 Å². The molecular weight excluding hydrogens is 423 g/mol. The first kappa shape index (κ1) is 22.3. The summed E-state index contributed by atoms with van der Waals surface area (Å²) in [6.45, 7) is 1.89. The molecule has 6 nitrogen and oxygen atoms in total. The summed E-state index contributed by atoms with van der Waals surface area (Å²) in [5.74, 6) is 0.344. The van der Waals surface area contributed by atoms with E-state index < -0.39 is 22.0 Å². The van der Waals surface area contributed by atoms with E-state index in [1.807, 2.05) is 24.3 Å². The predicted octanol–water partition coefficient (Wildman–Crippen LogP) is 3.52. The minimum Gasteiger partial charge on any atom is -0.497 e. The molecule has 0 aliphatic carbocycles. The Morgan fingerprint density at radius 3 is 2.32 bits per heavy atom. The fourth-order valence-electron chi connectivity index (χ4n) is 2.70. The number of ether oxygens (including phenoxy) is 1. The van der Waals surface area contributed by atoms with Crippen LogP contribution in [0.2, 0.25) is 10.0 Å². The van der Waals surface area contributed by atoms with E-state index in [0.717, 1.165) is 21.9 Å². The largest absolute Gasteiger partial charge is 0.497 e. The highest BCUT2D eigenvalue weighted by atomic mass is 35.5. The smallest absolute Gasteiger partial charge is 0.243 e. The molecular formula is C19H22Cl2N2O4S. The number of carbonyl (C=O) groups excluding carboxylic acids is 1. The van der Waals surface area contributed by atoms with E-state index >= 15 is 0 Å². The standard InChI is InChI=1S/C19H22Cl2N2O4S/c1-13(19(24)22-11-10-14-4-7-16(27-2)8-5-14)23(28(3,25)26)15-6-9-17(20)18(21)12-15/h4-9,12-13H,10-11H2,1-3H3,(H,22,24)/t13-/m0/s1. The molecule has 1 amide bonds. The molecule has 0 fully saturated rings. The van der Waals surface area contributed by atoms with Crippen LogP contribution >= 0.6 is 23.2 Å². The molecule has 152 valence electrons. The number of rotatable bonds is 8. The average molecular weight is 445 g/mol. The summed E-state index contributed by atoms with van der Waals surface area (Å²) in [6, 6.07) is 11.0. The summed E-state index contributed by atoms with van der Waals surface area (Å²) >= 11 is 11.9. The van der Waals surface area contributed by atoms with Crippen molar-refractivity contribution in [3.8, 4) is 5.75 Å². The second kappa shape index (κ2) is 9.49. The molecule has 9 heteroatoms. The fourth-order valence-corrected chi connectivity index (χ4v) is 4.16. The number of nitrogens with one attached hydrogen (secondary N) is 1. The molecule has 1 N–H and O–H groups in total. The lowest BCUT2D eigenvalue weighted by Gasteiger charge is -2.28. The lowest BCUT2D eigenvalue weighted by Crippen LogP contribution is -2.48. The van der Waals surface area contributed by atoms with E-state index in [1.165, 1.54) is 25.1 Å². The molecule has 1 atom stereocenters. The number of nitrogens with zero attached hydrogens (tertiary/aromatic N) is 1. The summed E-state index contributed by atoms with van der Waals surface area (Å²) in [5, 5.41) is 3.28. The molecule has 2 rings (SSSR count). The Morgan fingerprint density at radius 2 is 1.79 bits per heavy atom. The first-order valence-electron chi connectivity index (χ1n) is 8.48. The quantitative estimate of drug-likeness (QED) is 0.675. The maximum absolute atomic E-state index is 12.6. The third-order valence-corrected chi connectivity index (χ3v) is 6.10. The molecule has 2 aromatic rings. The normalized spacial score (nSPS) is 12.3. The number of hydrogen-bond donors (Lipinski definition) is 1. The number of benzene rings is 2. The molecule has 28 heavy (non-hydrogen) atoms. The molecule has 0 heterocycles. The van der Waals surface area contributed by atoms with Crippen LogP contribution in [0.25, 0.3) is 0 Å². The molecule has 0 saturated carbocycles. The van der Waals surface area contributed by atoms with Crippen molar-refractivity contribution in [2.45, 2.75) is 19.4 Å². The lowest BCUT2D eigenvalue weighted by atomic mass is 10.1. The van der Waals surface area contributed by atoms with Gasteiger partial charge in [0.15, 0.2) is 0 Å². The third kappa shape index (κ3) is 5.77. The molecule has 0 bridgehead atoms. The number of halogens is 2. The van der Waals surface area contributed by atoms with Crippen molar-refractivity contribution >= 4 is 44.8 Å². The summed E-state index contributed by atoms with van der Waals surface area (Å²) in [6.07, 6.45) is 1.64. The van der Waals surface area contributed by atoms with Gasteiger partial charge in [0.1, 0.15) is 11.8 Å². The van der Waals surface area contributed by atoms with Gasteiger partial charge >= 0.3 is 0 Å². The Labute approximate surface area is 175 Å². The van der Waals surface area contributed by atoms with Crippen LogP contribution in [0.4, 0.5) is 5.69 Å². The Kier molecular flexibility index (Phi) is 7.57. The monoisotopic (exact) mass is 444 g/mol. The molecule has 0 aliphatic rings. The number of methoxy groups -OCH3 is 1. The number of sulfonamides is 1. The summed E-state index contributed by atoms with van der Waals surface area (Å²) < 4.78 is 30.7. The second-order valence-corrected chi connectivity index (χ2v) is 8.90. The average Bonchev–Trinajstić information content (AvgIpc) is 2.64. The van der Waals surface area contributed by atoms with Crippen LogP contribution in [0, 0.1) is 0 Å². The van der Waals surface area contributed by atoms with Crippen LogP contribution in [0.15, 0.2) is 42.5 Å². The molecule has 0 unspecified atom stereocenters. The van der Waals surface area contributed by atoms with Gasteiger partial charge in [-0.05, 0) is 49.2 Å². The maximum Gasteiger partial charge on any atom is 0.243 e. The SMILES string of the molecule is COc1ccc(CCNC(=O)[C@H](C)N(c2ccc(Cl)c(Cl)c2)S(C)(=O)=O)cc1. The van der Waals surface area contributed by atoms with Gasteiger partial charge in [-0.15, -0.1) is 0 Å². The zero-order chi connectivity index (χ0) is 20.9. The van der Waals surface area contributed by atoms with E-state index in [9.17, 15) is 13.2 Å². The zero-order valence-corrected chi connectivity index (χ0v) is 18.1. The van der Waals surface area contributed by atoms with Crippen LogP contribution in [-0.2, 0) is 21.2 Å². The minimum absolute atomic E-state index is 0.208. The van der Waals surface area contributed by atoms with Gasteiger partial charge < -0.3 is 10.1 Å². The fraction of sp³-hybridized carbons (Fsp3) is 0.316.